The molecule has 0 saturated carbocycles. The predicted molar refractivity (Wildman–Crippen MR) is 151 cm³/mol. The maximum atomic E-state index is 13.1. The largest absolute Gasteiger partial charge is 0.481 e. The lowest BCUT2D eigenvalue weighted by Gasteiger charge is -2.27. The quantitative estimate of drug-likeness (QED) is 0.0355. The van der Waals surface area contributed by atoms with Crippen molar-refractivity contribution < 1.29 is 39.0 Å². The van der Waals surface area contributed by atoms with Crippen LogP contribution in [0.15, 0.2) is 9.98 Å². The van der Waals surface area contributed by atoms with Crippen molar-refractivity contribution in [3.05, 3.63) is 0 Å². The number of carboxylic acids is 2. The SMILES string of the molecule is CC(C)[C@H](NC(=O)[C@H](CC(=O)O)NC(=O)[C@@H](N)CCCN=C(N)N)C(=O)N[C@@H](CCCN=C(N)N)C(=O)NCC(=O)O. The highest BCUT2D eigenvalue weighted by Gasteiger charge is 2.32. The van der Waals surface area contributed by atoms with E-state index < -0.39 is 78.6 Å². The molecule has 19 heteroatoms. The number of carbonyl (C=O) groups is 6. The summed E-state index contributed by atoms with van der Waals surface area (Å²) in [6, 6.07) is -5.17. The van der Waals surface area contributed by atoms with Gasteiger partial charge in [-0.25, -0.2) is 0 Å². The molecule has 16 N–H and O–H groups in total. The maximum Gasteiger partial charge on any atom is 0.322 e. The number of rotatable bonds is 20. The lowest BCUT2D eigenvalue weighted by molar-refractivity contribution is -0.141. The Morgan fingerprint density at radius 1 is 0.690 bits per heavy atom. The van der Waals surface area contributed by atoms with Crippen LogP contribution in [0.1, 0.15) is 46.0 Å². The molecule has 0 aromatic heterocycles. The Labute approximate surface area is 242 Å². The van der Waals surface area contributed by atoms with Crippen molar-refractivity contribution in [2.45, 2.75) is 70.1 Å². The van der Waals surface area contributed by atoms with E-state index in [1.807, 2.05) is 0 Å². The Hall–Kier alpha value is -4.68. The van der Waals surface area contributed by atoms with Gasteiger partial charge >= 0.3 is 11.9 Å². The third-order valence-electron chi connectivity index (χ3n) is 5.56. The fourth-order valence-corrected chi connectivity index (χ4v) is 3.42. The van der Waals surface area contributed by atoms with E-state index in [0.29, 0.717) is 6.42 Å². The van der Waals surface area contributed by atoms with Crippen LogP contribution in [-0.2, 0) is 28.8 Å². The standard InChI is InChI=1S/C23H43N11O8/c1-11(2)17(21(42)32-13(6-4-8-30-23(27)28)19(40)31-10-16(37)38)34-20(41)14(9-15(35)36)33-18(39)12(24)5-3-7-29-22(25)26/h11-14,17H,3-10,24H2,1-2H3,(H,31,40)(H,32,42)(H,33,39)(H,34,41)(H,35,36)(H,37,38)(H4,25,26,29)(H4,27,28,30)/t12-,13-,14-,17-/m0/s1. The minimum atomic E-state index is -1.58. The Morgan fingerprint density at radius 3 is 1.69 bits per heavy atom. The molecule has 0 spiro atoms. The molecule has 0 fully saturated rings. The van der Waals surface area contributed by atoms with E-state index >= 15 is 0 Å². The first-order valence-corrected chi connectivity index (χ1v) is 13.0. The van der Waals surface area contributed by atoms with Crippen LogP contribution < -0.4 is 49.9 Å². The van der Waals surface area contributed by atoms with Crippen LogP contribution in [0.4, 0.5) is 0 Å². The van der Waals surface area contributed by atoms with E-state index in [9.17, 15) is 33.9 Å². The second-order valence-electron chi connectivity index (χ2n) is 9.57. The second kappa shape index (κ2) is 19.4. The fraction of sp³-hybridized carbons (Fsp3) is 0.652. The van der Waals surface area contributed by atoms with E-state index in [1.54, 1.807) is 13.8 Å². The number of nitrogens with one attached hydrogen (secondary N) is 4. The topological polar surface area (TPSA) is 346 Å². The fourth-order valence-electron chi connectivity index (χ4n) is 3.42. The summed E-state index contributed by atoms with van der Waals surface area (Å²) < 4.78 is 0. The van der Waals surface area contributed by atoms with E-state index in [-0.39, 0.29) is 44.3 Å². The van der Waals surface area contributed by atoms with Gasteiger partial charge < -0.3 is 60.1 Å². The van der Waals surface area contributed by atoms with Crippen LogP contribution in [0.5, 0.6) is 0 Å². The molecule has 0 saturated heterocycles. The van der Waals surface area contributed by atoms with E-state index in [1.165, 1.54) is 0 Å². The summed E-state index contributed by atoms with van der Waals surface area (Å²) in [6.45, 7) is 2.80. The van der Waals surface area contributed by atoms with Gasteiger partial charge in [0.25, 0.3) is 0 Å². The molecule has 0 rings (SSSR count). The van der Waals surface area contributed by atoms with Crippen molar-refractivity contribution in [1.82, 2.24) is 21.3 Å². The third-order valence-corrected chi connectivity index (χ3v) is 5.56. The van der Waals surface area contributed by atoms with Crippen LogP contribution in [0.2, 0.25) is 0 Å². The Morgan fingerprint density at radius 2 is 1.21 bits per heavy atom. The van der Waals surface area contributed by atoms with Gasteiger partial charge in [-0.1, -0.05) is 13.8 Å². The maximum absolute atomic E-state index is 13.1. The van der Waals surface area contributed by atoms with Gasteiger partial charge in [0.15, 0.2) is 11.9 Å². The summed E-state index contributed by atoms with van der Waals surface area (Å²) in [5, 5.41) is 27.5. The second-order valence-corrected chi connectivity index (χ2v) is 9.57. The number of amides is 4. The lowest BCUT2D eigenvalue weighted by Crippen LogP contribution is -2.59. The molecule has 0 aliphatic heterocycles. The van der Waals surface area contributed by atoms with E-state index in [2.05, 4.69) is 31.3 Å². The Kier molecular flexibility index (Phi) is 17.2. The number of carbonyl (C=O) groups excluding carboxylic acids is 4. The molecule has 238 valence electrons. The summed E-state index contributed by atoms with van der Waals surface area (Å²) in [5.41, 5.74) is 26.9. The Bertz CT molecular complexity index is 1010. The third kappa shape index (κ3) is 16.4. The molecule has 0 aliphatic rings. The van der Waals surface area contributed by atoms with Crippen molar-refractivity contribution in [2.75, 3.05) is 19.6 Å². The molecule has 0 radical (unpaired) electrons. The van der Waals surface area contributed by atoms with Crippen molar-refractivity contribution >= 4 is 47.5 Å². The number of hydrogen-bond acceptors (Lipinski definition) is 9. The van der Waals surface area contributed by atoms with E-state index in [4.69, 9.17) is 33.8 Å². The molecule has 0 aromatic carbocycles. The lowest BCUT2D eigenvalue weighted by atomic mass is 10.0. The predicted octanol–water partition coefficient (Wildman–Crippen LogP) is -4.79. The van der Waals surface area contributed by atoms with Crippen molar-refractivity contribution in [1.29, 1.82) is 0 Å². The van der Waals surface area contributed by atoms with Crippen LogP contribution in [0.3, 0.4) is 0 Å². The van der Waals surface area contributed by atoms with Gasteiger partial charge in [0.2, 0.25) is 23.6 Å². The van der Waals surface area contributed by atoms with Gasteiger partial charge in [0, 0.05) is 13.1 Å². The smallest absolute Gasteiger partial charge is 0.322 e. The number of aliphatic imine (C=N–C) groups is 2. The molecular formula is C23H43N11O8. The molecule has 0 unspecified atom stereocenters. The van der Waals surface area contributed by atoms with Crippen LogP contribution in [0.25, 0.3) is 0 Å². The van der Waals surface area contributed by atoms with Gasteiger partial charge in [-0.3, -0.25) is 38.8 Å². The number of carboxylic acid groups (broad SMARTS) is 2. The molecule has 0 heterocycles. The van der Waals surface area contributed by atoms with Gasteiger partial charge in [0.05, 0.1) is 12.5 Å². The average Bonchev–Trinajstić information content (AvgIpc) is 2.88. The minimum Gasteiger partial charge on any atom is -0.481 e. The summed E-state index contributed by atoms with van der Waals surface area (Å²) in [6.07, 6.45) is -0.0805. The number of aliphatic carboxylic acids is 2. The Balaban J connectivity index is 5.59. The van der Waals surface area contributed by atoms with E-state index in [0.717, 1.165) is 0 Å². The molecule has 42 heavy (non-hydrogen) atoms. The van der Waals surface area contributed by atoms with Crippen molar-refractivity contribution in [3.63, 3.8) is 0 Å². The first-order valence-electron chi connectivity index (χ1n) is 13.0. The normalized spacial score (nSPS) is 13.4. The van der Waals surface area contributed by atoms with Crippen LogP contribution >= 0.6 is 0 Å². The van der Waals surface area contributed by atoms with Crippen LogP contribution in [0, 0.1) is 5.92 Å². The molecular weight excluding hydrogens is 558 g/mol. The summed E-state index contributed by atoms with van der Waals surface area (Å²) in [4.78, 5) is 81.1. The first kappa shape index (κ1) is 37.3. The van der Waals surface area contributed by atoms with Crippen LogP contribution in [-0.4, -0.2) is 102 Å². The molecule has 4 amide bonds. The molecule has 19 nitrogen and oxygen atoms in total. The molecule has 0 aromatic rings. The summed E-state index contributed by atoms with van der Waals surface area (Å²) >= 11 is 0. The van der Waals surface area contributed by atoms with Crippen molar-refractivity contribution in [3.8, 4) is 0 Å². The van der Waals surface area contributed by atoms with Crippen molar-refractivity contribution in [2.24, 2.45) is 44.6 Å². The zero-order valence-electron chi connectivity index (χ0n) is 23.7. The van der Waals surface area contributed by atoms with Gasteiger partial charge in [-0.15, -0.1) is 0 Å². The highest BCUT2D eigenvalue weighted by Crippen LogP contribution is 2.07. The number of hydrogen-bond donors (Lipinski definition) is 11. The number of nitrogens with zero attached hydrogens (tertiary/aromatic N) is 2. The molecule has 0 bridgehead atoms. The number of guanidine groups is 2. The first-order chi connectivity index (χ1) is 19.5. The highest BCUT2D eigenvalue weighted by atomic mass is 16.4. The molecule has 0 aliphatic carbocycles. The monoisotopic (exact) mass is 601 g/mol. The summed E-state index contributed by atoms with van der Waals surface area (Å²) in [5.74, 6) is -6.97. The molecule has 4 atom stereocenters. The zero-order chi connectivity index (χ0) is 32.4. The van der Waals surface area contributed by atoms with Gasteiger partial charge in [0.1, 0.15) is 24.7 Å². The van der Waals surface area contributed by atoms with Gasteiger partial charge in [-0.2, -0.15) is 0 Å². The minimum absolute atomic E-state index is 0.0193. The zero-order valence-corrected chi connectivity index (χ0v) is 23.7. The van der Waals surface area contributed by atoms with Gasteiger partial charge in [-0.05, 0) is 31.6 Å². The highest BCUT2D eigenvalue weighted by molar-refractivity contribution is 5.96. The summed E-state index contributed by atoms with van der Waals surface area (Å²) in [7, 11) is 0. The number of nitrogens with two attached hydrogens (primary N) is 5. The average molecular weight is 602 g/mol.